The number of hydrogen-bond donors (Lipinski definition) is 0. The quantitative estimate of drug-likeness (QED) is 0.544. The normalized spacial score (nSPS) is 10.3. The molecule has 0 bridgehead atoms. The minimum Gasteiger partial charge on any atom is -0.465 e. The lowest BCUT2D eigenvalue weighted by Gasteiger charge is -2.13. The fourth-order valence-corrected chi connectivity index (χ4v) is 2.81. The number of carbonyl (C=O) groups is 1. The molecule has 0 aliphatic rings. The zero-order valence-corrected chi connectivity index (χ0v) is 14.4. The second kappa shape index (κ2) is 7.09. The van der Waals surface area contributed by atoms with Crippen LogP contribution in [0.25, 0.3) is 0 Å². The molecule has 6 heteroatoms. The largest absolute Gasteiger partial charge is 0.465 e. The Morgan fingerprint density at radius 1 is 1.33 bits per heavy atom. The van der Waals surface area contributed by atoms with Gasteiger partial charge in [-0.25, -0.2) is 4.79 Å². The van der Waals surface area contributed by atoms with E-state index in [0.29, 0.717) is 11.5 Å². The van der Waals surface area contributed by atoms with Gasteiger partial charge in [0.25, 0.3) is 0 Å². The van der Waals surface area contributed by atoms with Crippen LogP contribution in [0.4, 0.5) is 0 Å². The highest BCUT2D eigenvalue weighted by atomic mass is 127. The lowest BCUT2D eigenvalue weighted by atomic mass is 10.2. The van der Waals surface area contributed by atoms with Crippen molar-refractivity contribution in [3.05, 3.63) is 50.3 Å². The maximum Gasteiger partial charge on any atom is 0.343 e. The molecule has 21 heavy (non-hydrogen) atoms. The summed E-state index contributed by atoms with van der Waals surface area (Å²) in [6, 6.07) is 5.01. The Labute approximate surface area is 141 Å². The monoisotopic (exact) mass is 417 g/mol. The van der Waals surface area contributed by atoms with Gasteiger partial charge in [-0.2, -0.15) is 0 Å². The van der Waals surface area contributed by atoms with Gasteiger partial charge < -0.3 is 9.47 Å². The van der Waals surface area contributed by atoms with Gasteiger partial charge in [0, 0.05) is 6.20 Å². The van der Waals surface area contributed by atoms with Gasteiger partial charge in [-0.3, -0.25) is 4.98 Å². The van der Waals surface area contributed by atoms with E-state index < -0.39 is 5.97 Å². The van der Waals surface area contributed by atoms with Gasteiger partial charge in [-0.1, -0.05) is 24.6 Å². The van der Waals surface area contributed by atoms with Gasteiger partial charge in [0.05, 0.1) is 21.9 Å². The maximum absolute atomic E-state index is 11.8. The molecule has 0 N–H and O–H groups in total. The number of halogens is 2. The fraction of sp³-hybridized carbons (Fsp3) is 0.200. The Morgan fingerprint density at radius 2 is 2.10 bits per heavy atom. The van der Waals surface area contributed by atoms with Crippen molar-refractivity contribution in [3.63, 3.8) is 0 Å². The number of esters is 1. The predicted octanol–water partition coefficient (Wildman–Crippen LogP) is 4.48. The number of methoxy groups -OCH3 is 1. The second-order valence-corrected chi connectivity index (χ2v) is 5.66. The Hall–Kier alpha value is -1.34. The van der Waals surface area contributed by atoms with Crippen LogP contribution in [0.15, 0.2) is 30.6 Å². The molecule has 0 saturated heterocycles. The van der Waals surface area contributed by atoms with Crippen LogP contribution < -0.4 is 4.74 Å². The van der Waals surface area contributed by atoms with E-state index in [4.69, 9.17) is 21.1 Å². The van der Waals surface area contributed by atoms with Gasteiger partial charge >= 0.3 is 5.97 Å². The Bertz CT molecular complexity index is 676. The van der Waals surface area contributed by atoms with Crippen molar-refractivity contribution >= 4 is 40.2 Å². The molecule has 0 amide bonds. The van der Waals surface area contributed by atoms with Crippen LogP contribution in [0.5, 0.6) is 11.5 Å². The van der Waals surface area contributed by atoms with Crippen molar-refractivity contribution in [2.45, 2.75) is 13.3 Å². The molecule has 0 radical (unpaired) electrons. The standard InChI is InChI=1S/C15H13ClINO3/c1-3-9-7-18-8-12(14(9)17)21-11-6-4-5-10(16)13(11)15(19)20-2/h4-8H,3H2,1-2H3. The first kappa shape index (κ1) is 16.0. The fourth-order valence-electron chi connectivity index (χ4n) is 1.79. The van der Waals surface area contributed by atoms with Crippen LogP contribution in [0.1, 0.15) is 22.8 Å². The van der Waals surface area contributed by atoms with Crippen LogP contribution in [0.2, 0.25) is 5.02 Å². The van der Waals surface area contributed by atoms with Crippen molar-refractivity contribution in [3.8, 4) is 11.5 Å². The van der Waals surface area contributed by atoms with Gasteiger partial charge in [-0.05, 0) is 46.7 Å². The van der Waals surface area contributed by atoms with E-state index in [1.54, 1.807) is 30.6 Å². The summed E-state index contributed by atoms with van der Waals surface area (Å²) in [5.41, 5.74) is 1.29. The Kier molecular flexibility index (Phi) is 5.41. The summed E-state index contributed by atoms with van der Waals surface area (Å²) in [7, 11) is 1.30. The van der Waals surface area contributed by atoms with Crippen molar-refractivity contribution in [1.82, 2.24) is 4.98 Å². The van der Waals surface area contributed by atoms with E-state index in [2.05, 4.69) is 27.6 Å². The number of aryl methyl sites for hydroxylation is 1. The third kappa shape index (κ3) is 3.47. The Morgan fingerprint density at radius 3 is 2.76 bits per heavy atom. The molecule has 110 valence electrons. The van der Waals surface area contributed by atoms with Crippen LogP contribution in [0.3, 0.4) is 0 Å². The molecular formula is C15H13ClINO3. The highest BCUT2D eigenvalue weighted by molar-refractivity contribution is 14.1. The number of benzene rings is 1. The molecule has 0 spiro atoms. The van der Waals surface area contributed by atoms with Crippen molar-refractivity contribution in [2.24, 2.45) is 0 Å². The second-order valence-electron chi connectivity index (χ2n) is 4.17. The molecule has 4 nitrogen and oxygen atoms in total. The molecule has 0 aliphatic carbocycles. The molecule has 0 atom stereocenters. The smallest absolute Gasteiger partial charge is 0.343 e. The molecule has 0 fully saturated rings. The van der Waals surface area contributed by atoms with E-state index in [1.807, 2.05) is 6.92 Å². The molecule has 0 saturated carbocycles. The minimum absolute atomic E-state index is 0.208. The summed E-state index contributed by atoms with van der Waals surface area (Å²) in [4.78, 5) is 16.0. The van der Waals surface area contributed by atoms with E-state index >= 15 is 0 Å². The summed E-state index contributed by atoms with van der Waals surface area (Å²) in [6.45, 7) is 2.04. The molecule has 1 heterocycles. The number of hydrogen-bond acceptors (Lipinski definition) is 4. The summed E-state index contributed by atoms with van der Waals surface area (Å²) >= 11 is 8.27. The van der Waals surface area contributed by atoms with Crippen molar-refractivity contribution < 1.29 is 14.3 Å². The van der Waals surface area contributed by atoms with E-state index in [1.165, 1.54) is 7.11 Å². The van der Waals surface area contributed by atoms with Crippen molar-refractivity contribution in [2.75, 3.05) is 7.11 Å². The van der Waals surface area contributed by atoms with Crippen molar-refractivity contribution in [1.29, 1.82) is 0 Å². The summed E-state index contributed by atoms with van der Waals surface area (Å²) < 4.78 is 11.5. The number of rotatable bonds is 4. The Balaban J connectivity index is 2.45. The lowest BCUT2D eigenvalue weighted by molar-refractivity contribution is 0.0598. The molecule has 0 unspecified atom stereocenters. The lowest BCUT2D eigenvalue weighted by Crippen LogP contribution is -2.05. The number of nitrogens with zero attached hydrogens (tertiary/aromatic N) is 1. The van der Waals surface area contributed by atoms with E-state index in [0.717, 1.165) is 15.6 Å². The first-order valence-corrected chi connectivity index (χ1v) is 7.71. The predicted molar refractivity (Wildman–Crippen MR) is 89.2 cm³/mol. The number of pyridine rings is 1. The summed E-state index contributed by atoms with van der Waals surface area (Å²) in [5, 5.41) is 0.286. The number of aromatic nitrogens is 1. The summed E-state index contributed by atoms with van der Waals surface area (Å²) in [6.07, 6.45) is 4.26. The average Bonchev–Trinajstić information content (AvgIpc) is 2.49. The summed E-state index contributed by atoms with van der Waals surface area (Å²) in [5.74, 6) is 0.398. The van der Waals surface area contributed by atoms with Gasteiger partial charge in [0.1, 0.15) is 11.3 Å². The number of carbonyl (C=O) groups excluding carboxylic acids is 1. The van der Waals surface area contributed by atoms with Crippen LogP contribution in [-0.2, 0) is 11.2 Å². The third-order valence-electron chi connectivity index (χ3n) is 2.89. The van der Waals surface area contributed by atoms with Gasteiger partial charge in [0.2, 0.25) is 0 Å². The molecule has 2 rings (SSSR count). The molecule has 2 aromatic rings. The highest BCUT2D eigenvalue weighted by Gasteiger charge is 2.19. The maximum atomic E-state index is 11.8. The molecule has 0 aliphatic heterocycles. The SMILES string of the molecule is CCc1cncc(Oc2cccc(Cl)c2C(=O)OC)c1I. The van der Waals surface area contributed by atoms with E-state index in [-0.39, 0.29) is 10.6 Å². The van der Waals surface area contributed by atoms with Crippen LogP contribution >= 0.6 is 34.2 Å². The molecule has 1 aromatic heterocycles. The first-order valence-electron chi connectivity index (χ1n) is 6.25. The average molecular weight is 418 g/mol. The minimum atomic E-state index is -0.537. The van der Waals surface area contributed by atoms with Crippen LogP contribution in [0, 0.1) is 3.57 Å². The van der Waals surface area contributed by atoms with Crippen LogP contribution in [-0.4, -0.2) is 18.1 Å². The number of ether oxygens (including phenoxy) is 2. The zero-order chi connectivity index (χ0) is 15.4. The molecular weight excluding hydrogens is 405 g/mol. The first-order chi connectivity index (χ1) is 10.1. The topological polar surface area (TPSA) is 48.4 Å². The zero-order valence-electron chi connectivity index (χ0n) is 11.5. The molecule has 1 aromatic carbocycles. The third-order valence-corrected chi connectivity index (χ3v) is 4.43. The highest BCUT2D eigenvalue weighted by Crippen LogP contribution is 2.33. The van der Waals surface area contributed by atoms with Gasteiger partial charge in [0.15, 0.2) is 5.75 Å². The van der Waals surface area contributed by atoms with E-state index in [9.17, 15) is 4.79 Å². The van der Waals surface area contributed by atoms with Gasteiger partial charge in [-0.15, -0.1) is 0 Å².